The van der Waals surface area contributed by atoms with Gasteiger partial charge in [-0.2, -0.15) is 18.4 Å². The number of nitrogens with zero attached hydrogens (tertiary/aromatic N) is 1. The Bertz CT molecular complexity index is 1430. The van der Waals surface area contributed by atoms with E-state index in [9.17, 15) is 28.0 Å². The van der Waals surface area contributed by atoms with Gasteiger partial charge in [0, 0.05) is 11.4 Å². The third-order valence-electron chi connectivity index (χ3n) is 5.14. The molecule has 7 nitrogen and oxygen atoms in total. The fourth-order valence-electron chi connectivity index (χ4n) is 3.33. The Balaban J connectivity index is 1.77. The lowest BCUT2D eigenvalue weighted by Gasteiger charge is -2.15. The zero-order valence-electron chi connectivity index (χ0n) is 20.9. The maximum absolute atomic E-state index is 13.0. The van der Waals surface area contributed by atoms with Crippen molar-refractivity contribution in [3.63, 3.8) is 0 Å². The highest BCUT2D eigenvalue weighted by atomic mass is 127. The van der Waals surface area contributed by atoms with Crippen LogP contribution >= 0.6 is 22.6 Å². The van der Waals surface area contributed by atoms with Gasteiger partial charge in [0.05, 0.1) is 15.7 Å². The van der Waals surface area contributed by atoms with Gasteiger partial charge in [0.1, 0.15) is 11.6 Å². The molecule has 0 aliphatic rings. The molecule has 0 aliphatic carbocycles. The van der Waals surface area contributed by atoms with Crippen LogP contribution in [0.25, 0.3) is 6.08 Å². The number of hydrogen-bond donors (Lipinski definition) is 2. The van der Waals surface area contributed by atoms with Gasteiger partial charge in [-0.15, -0.1) is 0 Å². The number of halogens is 4. The van der Waals surface area contributed by atoms with E-state index in [1.165, 1.54) is 18.2 Å². The molecule has 11 heteroatoms. The van der Waals surface area contributed by atoms with E-state index < -0.39 is 17.6 Å². The van der Waals surface area contributed by atoms with Crippen LogP contribution < -0.4 is 20.1 Å². The van der Waals surface area contributed by atoms with Gasteiger partial charge >= 0.3 is 6.18 Å². The summed E-state index contributed by atoms with van der Waals surface area (Å²) in [4.78, 5) is 25.0. The molecule has 3 aromatic rings. The van der Waals surface area contributed by atoms with E-state index >= 15 is 0 Å². The second-order valence-corrected chi connectivity index (χ2v) is 9.33. The summed E-state index contributed by atoms with van der Waals surface area (Å²) in [7, 11) is 0. The van der Waals surface area contributed by atoms with E-state index in [1.807, 2.05) is 41.6 Å². The standard InChI is InChI=1S/C28H23F3IN3O4/c1-3-38-24-13-18(11-19(15-33)27(37)35-22-6-4-5-20(14-22)28(29,30)31)12-23(32)26(24)39-16-25(36)34-21-9-7-17(2)8-10-21/h4-14H,3,16H2,1-2H3,(H,34,36)(H,35,37)/b19-11+. The molecule has 3 rings (SSSR count). The van der Waals surface area contributed by atoms with Crippen LogP contribution in [0.2, 0.25) is 0 Å². The van der Waals surface area contributed by atoms with Crippen molar-refractivity contribution in [2.24, 2.45) is 0 Å². The third-order valence-corrected chi connectivity index (χ3v) is 5.94. The number of carbonyl (C=O) groups excluding carboxylic acids is 2. The Morgan fingerprint density at radius 3 is 2.38 bits per heavy atom. The number of alkyl halides is 3. The number of carbonyl (C=O) groups is 2. The molecule has 2 N–H and O–H groups in total. The van der Waals surface area contributed by atoms with E-state index in [1.54, 1.807) is 31.2 Å². The number of ether oxygens (including phenoxy) is 2. The number of nitrogens with one attached hydrogen (secondary N) is 2. The molecular formula is C28H23F3IN3O4. The number of rotatable bonds is 9. The van der Waals surface area contributed by atoms with Crippen molar-refractivity contribution in [2.75, 3.05) is 23.8 Å². The summed E-state index contributed by atoms with van der Waals surface area (Å²) in [5.74, 6) is -0.660. The van der Waals surface area contributed by atoms with Gasteiger partial charge in [-0.1, -0.05) is 23.8 Å². The largest absolute Gasteiger partial charge is 0.490 e. The molecule has 0 atom stereocenters. The zero-order valence-corrected chi connectivity index (χ0v) is 23.0. The molecule has 202 valence electrons. The maximum Gasteiger partial charge on any atom is 0.416 e. The number of aryl methyl sites for hydroxylation is 1. The first-order valence-corrected chi connectivity index (χ1v) is 12.6. The van der Waals surface area contributed by atoms with Crippen LogP contribution in [0.3, 0.4) is 0 Å². The van der Waals surface area contributed by atoms with Crippen LogP contribution in [0.5, 0.6) is 11.5 Å². The minimum absolute atomic E-state index is 0.103. The van der Waals surface area contributed by atoms with E-state index in [0.29, 0.717) is 20.6 Å². The van der Waals surface area contributed by atoms with Gasteiger partial charge in [0.2, 0.25) is 0 Å². The van der Waals surface area contributed by atoms with E-state index in [-0.39, 0.29) is 36.1 Å². The average Bonchev–Trinajstić information content (AvgIpc) is 2.88. The van der Waals surface area contributed by atoms with Crippen molar-refractivity contribution in [3.8, 4) is 17.6 Å². The minimum atomic E-state index is -4.58. The quantitative estimate of drug-likeness (QED) is 0.155. The monoisotopic (exact) mass is 649 g/mol. The van der Waals surface area contributed by atoms with Crippen molar-refractivity contribution in [2.45, 2.75) is 20.0 Å². The SMILES string of the molecule is CCOc1cc(/C=C(\C#N)C(=O)Nc2cccc(C(F)(F)F)c2)cc(I)c1OCC(=O)Nc1ccc(C)cc1. The van der Waals surface area contributed by atoms with Gasteiger partial charge in [0.25, 0.3) is 11.8 Å². The van der Waals surface area contributed by atoms with Crippen molar-refractivity contribution in [3.05, 3.63) is 86.5 Å². The summed E-state index contributed by atoms with van der Waals surface area (Å²) in [5.41, 5.74) is 0.728. The van der Waals surface area contributed by atoms with Crippen LogP contribution in [-0.2, 0) is 15.8 Å². The summed E-state index contributed by atoms with van der Waals surface area (Å²) in [5, 5.41) is 14.6. The van der Waals surface area contributed by atoms with Gasteiger partial charge in [-0.05, 0) is 90.5 Å². The fraction of sp³-hybridized carbons (Fsp3) is 0.179. The van der Waals surface area contributed by atoms with Gasteiger partial charge < -0.3 is 20.1 Å². The second kappa shape index (κ2) is 13.1. The predicted octanol–water partition coefficient (Wildman–Crippen LogP) is 6.58. The number of benzene rings is 3. The Labute approximate surface area is 236 Å². The molecule has 0 radical (unpaired) electrons. The summed E-state index contributed by atoms with van der Waals surface area (Å²) in [6, 6.07) is 16.3. The first kappa shape index (κ1) is 29.5. The summed E-state index contributed by atoms with van der Waals surface area (Å²) >= 11 is 1.98. The molecule has 0 aromatic heterocycles. The molecule has 0 spiro atoms. The van der Waals surface area contributed by atoms with Crippen molar-refractivity contribution in [1.82, 2.24) is 0 Å². The smallest absolute Gasteiger partial charge is 0.416 e. The minimum Gasteiger partial charge on any atom is -0.490 e. The first-order chi connectivity index (χ1) is 18.5. The molecule has 0 saturated carbocycles. The average molecular weight is 649 g/mol. The molecule has 39 heavy (non-hydrogen) atoms. The number of anilines is 2. The lowest BCUT2D eigenvalue weighted by Crippen LogP contribution is -2.20. The second-order valence-electron chi connectivity index (χ2n) is 8.17. The Hall–Kier alpha value is -4.05. The lowest BCUT2D eigenvalue weighted by atomic mass is 10.1. The van der Waals surface area contributed by atoms with Crippen LogP contribution in [0.15, 0.2) is 66.2 Å². The normalized spacial score (nSPS) is 11.4. The molecule has 0 unspecified atom stereocenters. The highest BCUT2D eigenvalue weighted by molar-refractivity contribution is 14.1. The van der Waals surface area contributed by atoms with E-state index in [0.717, 1.165) is 23.8 Å². The number of hydrogen-bond acceptors (Lipinski definition) is 5. The van der Waals surface area contributed by atoms with Gasteiger partial charge in [0.15, 0.2) is 18.1 Å². The van der Waals surface area contributed by atoms with Gasteiger partial charge in [-0.25, -0.2) is 0 Å². The first-order valence-electron chi connectivity index (χ1n) is 11.6. The molecule has 0 bridgehead atoms. The van der Waals surface area contributed by atoms with Crippen molar-refractivity contribution >= 4 is 51.9 Å². The van der Waals surface area contributed by atoms with Crippen molar-refractivity contribution in [1.29, 1.82) is 5.26 Å². The topological polar surface area (TPSA) is 100 Å². The Kier molecular flexibility index (Phi) is 9.95. The Morgan fingerprint density at radius 1 is 1.03 bits per heavy atom. The predicted molar refractivity (Wildman–Crippen MR) is 149 cm³/mol. The molecular weight excluding hydrogens is 626 g/mol. The number of amides is 2. The highest BCUT2D eigenvalue weighted by Crippen LogP contribution is 2.35. The van der Waals surface area contributed by atoms with Crippen molar-refractivity contribution < 1.29 is 32.2 Å². The molecule has 0 saturated heterocycles. The van der Waals surface area contributed by atoms with E-state index in [4.69, 9.17) is 9.47 Å². The maximum atomic E-state index is 13.0. The highest BCUT2D eigenvalue weighted by Gasteiger charge is 2.30. The zero-order chi connectivity index (χ0) is 28.6. The summed E-state index contributed by atoms with van der Waals surface area (Å²) < 4.78 is 50.9. The van der Waals surface area contributed by atoms with Crippen LogP contribution in [0.1, 0.15) is 23.6 Å². The third kappa shape index (κ3) is 8.47. The van der Waals surface area contributed by atoms with Crippen LogP contribution in [0, 0.1) is 21.8 Å². The van der Waals surface area contributed by atoms with E-state index in [2.05, 4.69) is 10.6 Å². The fourth-order valence-corrected chi connectivity index (χ4v) is 4.11. The molecule has 0 aliphatic heterocycles. The summed E-state index contributed by atoms with van der Waals surface area (Å²) in [6.45, 7) is 3.68. The van der Waals surface area contributed by atoms with Crippen LogP contribution in [0.4, 0.5) is 24.5 Å². The number of nitriles is 1. The Morgan fingerprint density at radius 2 is 1.74 bits per heavy atom. The molecule has 0 fully saturated rings. The van der Waals surface area contributed by atoms with Gasteiger partial charge in [-0.3, -0.25) is 9.59 Å². The molecule has 3 aromatic carbocycles. The molecule has 0 heterocycles. The molecule has 2 amide bonds. The summed E-state index contributed by atoms with van der Waals surface area (Å²) in [6.07, 6.45) is -3.30. The lowest BCUT2D eigenvalue weighted by molar-refractivity contribution is -0.137. The van der Waals surface area contributed by atoms with Crippen LogP contribution in [-0.4, -0.2) is 25.0 Å².